The van der Waals surface area contributed by atoms with Crippen LogP contribution in [0.2, 0.25) is 10.0 Å². The highest BCUT2D eigenvalue weighted by molar-refractivity contribution is 6.35. The van der Waals surface area contributed by atoms with Gasteiger partial charge in [0.15, 0.2) is 0 Å². The van der Waals surface area contributed by atoms with Crippen LogP contribution in [0.25, 0.3) is 0 Å². The SMILES string of the molecule is O=C(Nc1cc(Cl)cc(Cl)c1)[C@H]1CCCN(Cc2ccccc2)C1. The molecule has 0 saturated carbocycles. The van der Waals surface area contributed by atoms with Crippen LogP contribution in [0.15, 0.2) is 48.5 Å². The summed E-state index contributed by atoms with van der Waals surface area (Å²) in [5.74, 6) is 0.0197. The Hall–Kier alpha value is -1.55. The van der Waals surface area contributed by atoms with Crippen LogP contribution in [0.1, 0.15) is 18.4 Å². The molecule has 0 aliphatic carbocycles. The molecule has 3 rings (SSSR count). The fraction of sp³-hybridized carbons (Fsp3) is 0.316. The molecule has 5 heteroatoms. The fourth-order valence-electron chi connectivity index (χ4n) is 3.13. The molecular weight excluding hydrogens is 343 g/mol. The van der Waals surface area contributed by atoms with Crippen molar-refractivity contribution in [2.75, 3.05) is 18.4 Å². The molecule has 24 heavy (non-hydrogen) atoms. The van der Waals surface area contributed by atoms with Crippen LogP contribution in [0.5, 0.6) is 0 Å². The Kier molecular flexibility index (Phi) is 5.77. The third-order valence-electron chi connectivity index (χ3n) is 4.26. The lowest BCUT2D eigenvalue weighted by Crippen LogP contribution is -2.40. The van der Waals surface area contributed by atoms with Gasteiger partial charge in [-0.25, -0.2) is 0 Å². The van der Waals surface area contributed by atoms with E-state index in [0.29, 0.717) is 15.7 Å². The summed E-state index contributed by atoms with van der Waals surface area (Å²) in [5, 5.41) is 3.98. The van der Waals surface area contributed by atoms with Crippen LogP contribution in [-0.2, 0) is 11.3 Å². The number of benzene rings is 2. The van der Waals surface area contributed by atoms with Crippen molar-refractivity contribution in [1.29, 1.82) is 0 Å². The molecule has 2 aromatic carbocycles. The van der Waals surface area contributed by atoms with Gasteiger partial charge in [0.25, 0.3) is 0 Å². The van der Waals surface area contributed by atoms with Crippen molar-refractivity contribution in [2.45, 2.75) is 19.4 Å². The van der Waals surface area contributed by atoms with E-state index in [-0.39, 0.29) is 11.8 Å². The zero-order valence-corrected chi connectivity index (χ0v) is 14.9. The third kappa shape index (κ3) is 4.73. The Balaban J connectivity index is 1.60. The fourth-order valence-corrected chi connectivity index (χ4v) is 3.65. The predicted molar refractivity (Wildman–Crippen MR) is 99.5 cm³/mol. The van der Waals surface area contributed by atoms with Gasteiger partial charge in [0.1, 0.15) is 0 Å². The summed E-state index contributed by atoms with van der Waals surface area (Å²) in [6.45, 7) is 2.68. The van der Waals surface area contributed by atoms with Gasteiger partial charge in [-0.2, -0.15) is 0 Å². The summed E-state index contributed by atoms with van der Waals surface area (Å²) >= 11 is 12.0. The van der Waals surface area contributed by atoms with E-state index in [4.69, 9.17) is 23.2 Å². The second-order valence-corrected chi connectivity index (χ2v) is 7.08. The van der Waals surface area contributed by atoms with Crippen molar-refractivity contribution >= 4 is 34.8 Å². The summed E-state index contributed by atoms with van der Waals surface area (Å²) in [4.78, 5) is 14.9. The first-order valence-corrected chi connectivity index (χ1v) is 8.89. The molecule has 1 N–H and O–H groups in total. The van der Waals surface area contributed by atoms with Crippen LogP contribution < -0.4 is 5.32 Å². The highest BCUT2D eigenvalue weighted by Gasteiger charge is 2.25. The molecule has 0 spiro atoms. The summed E-state index contributed by atoms with van der Waals surface area (Å²) in [6, 6.07) is 15.5. The molecule has 1 amide bonds. The molecule has 1 heterocycles. The molecule has 1 fully saturated rings. The number of nitrogens with zero attached hydrogens (tertiary/aromatic N) is 1. The number of piperidine rings is 1. The van der Waals surface area contributed by atoms with Crippen LogP contribution >= 0.6 is 23.2 Å². The van der Waals surface area contributed by atoms with E-state index in [2.05, 4.69) is 22.3 Å². The summed E-state index contributed by atoms with van der Waals surface area (Å²) in [6.07, 6.45) is 1.94. The van der Waals surface area contributed by atoms with Crippen LogP contribution in [-0.4, -0.2) is 23.9 Å². The molecule has 1 aliphatic rings. The lowest BCUT2D eigenvalue weighted by atomic mass is 9.96. The van der Waals surface area contributed by atoms with Gasteiger partial charge in [-0.1, -0.05) is 53.5 Å². The minimum atomic E-state index is -0.0137. The predicted octanol–water partition coefficient (Wildman–Crippen LogP) is 4.84. The number of halogens is 2. The highest BCUT2D eigenvalue weighted by atomic mass is 35.5. The van der Waals surface area contributed by atoms with Gasteiger partial charge >= 0.3 is 0 Å². The second kappa shape index (κ2) is 8.02. The molecular formula is C19H20Cl2N2O. The number of hydrogen-bond acceptors (Lipinski definition) is 2. The molecule has 0 bridgehead atoms. The molecule has 2 aromatic rings. The maximum absolute atomic E-state index is 12.6. The van der Waals surface area contributed by atoms with E-state index >= 15 is 0 Å². The van der Waals surface area contributed by atoms with Gasteiger partial charge in [0.05, 0.1) is 5.92 Å². The first kappa shape index (κ1) is 17.3. The van der Waals surface area contributed by atoms with Gasteiger partial charge in [-0.05, 0) is 43.1 Å². The van der Waals surface area contributed by atoms with E-state index in [1.54, 1.807) is 18.2 Å². The van der Waals surface area contributed by atoms with E-state index in [1.807, 2.05) is 18.2 Å². The Labute approximate surface area is 152 Å². The lowest BCUT2D eigenvalue weighted by Gasteiger charge is -2.32. The summed E-state index contributed by atoms with van der Waals surface area (Å²) < 4.78 is 0. The van der Waals surface area contributed by atoms with Crippen molar-refractivity contribution in [2.24, 2.45) is 5.92 Å². The Morgan fingerprint density at radius 3 is 2.54 bits per heavy atom. The van der Waals surface area contributed by atoms with Crippen molar-refractivity contribution in [3.8, 4) is 0 Å². The zero-order chi connectivity index (χ0) is 16.9. The van der Waals surface area contributed by atoms with Gasteiger partial charge in [-0.15, -0.1) is 0 Å². The molecule has 0 radical (unpaired) electrons. The first-order valence-electron chi connectivity index (χ1n) is 8.13. The van der Waals surface area contributed by atoms with Gasteiger partial charge < -0.3 is 5.32 Å². The third-order valence-corrected chi connectivity index (χ3v) is 4.69. The van der Waals surface area contributed by atoms with Crippen LogP contribution in [0.3, 0.4) is 0 Å². The largest absolute Gasteiger partial charge is 0.326 e. The number of anilines is 1. The standard InChI is InChI=1S/C19H20Cl2N2O/c20-16-9-17(21)11-18(10-16)22-19(24)15-7-4-8-23(13-15)12-14-5-2-1-3-6-14/h1-3,5-6,9-11,15H,4,7-8,12-13H2,(H,22,24)/t15-/m0/s1. The summed E-state index contributed by atoms with van der Waals surface area (Å²) in [7, 11) is 0. The quantitative estimate of drug-likeness (QED) is 0.843. The Bertz CT molecular complexity index is 686. The number of rotatable bonds is 4. The van der Waals surface area contributed by atoms with Crippen molar-refractivity contribution in [1.82, 2.24) is 4.90 Å². The number of hydrogen-bond donors (Lipinski definition) is 1. The molecule has 0 unspecified atom stereocenters. The number of amides is 1. The Morgan fingerprint density at radius 2 is 1.83 bits per heavy atom. The van der Waals surface area contributed by atoms with Crippen LogP contribution in [0.4, 0.5) is 5.69 Å². The van der Waals surface area contributed by atoms with Crippen molar-refractivity contribution in [3.05, 3.63) is 64.1 Å². The van der Waals surface area contributed by atoms with Gasteiger partial charge in [0, 0.05) is 28.8 Å². The number of nitrogens with one attached hydrogen (secondary N) is 1. The van der Waals surface area contributed by atoms with Crippen molar-refractivity contribution < 1.29 is 4.79 Å². The summed E-state index contributed by atoms with van der Waals surface area (Å²) in [5.41, 5.74) is 1.93. The number of likely N-dealkylation sites (tertiary alicyclic amines) is 1. The average Bonchev–Trinajstić information content (AvgIpc) is 2.55. The Morgan fingerprint density at radius 1 is 1.12 bits per heavy atom. The maximum atomic E-state index is 12.6. The number of carbonyl (C=O) groups excluding carboxylic acids is 1. The monoisotopic (exact) mass is 362 g/mol. The lowest BCUT2D eigenvalue weighted by molar-refractivity contribution is -0.121. The molecule has 1 saturated heterocycles. The molecule has 3 nitrogen and oxygen atoms in total. The topological polar surface area (TPSA) is 32.3 Å². The minimum absolute atomic E-state index is 0.0137. The van der Waals surface area contributed by atoms with Crippen molar-refractivity contribution in [3.63, 3.8) is 0 Å². The molecule has 1 aliphatic heterocycles. The smallest absolute Gasteiger partial charge is 0.228 e. The van der Waals surface area contributed by atoms with Crippen LogP contribution in [0, 0.1) is 5.92 Å². The zero-order valence-electron chi connectivity index (χ0n) is 13.3. The van der Waals surface area contributed by atoms with E-state index in [0.717, 1.165) is 32.5 Å². The molecule has 1 atom stereocenters. The first-order chi connectivity index (χ1) is 11.6. The normalized spacial score (nSPS) is 18.3. The van der Waals surface area contributed by atoms with Gasteiger partial charge in [0.2, 0.25) is 5.91 Å². The number of carbonyl (C=O) groups is 1. The molecule has 0 aromatic heterocycles. The van der Waals surface area contributed by atoms with Gasteiger partial charge in [-0.3, -0.25) is 9.69 Å². The highest BCUT2D eigenvalue weighted by Crippen LogP contribution is 2.24. The van der Waals surface area contributed by atoms with E-state index < -0.39 is 0 Å². The molecule has 126 valence electrons. The maximum Gasteiger partial charge on any atom is 0.228 e. The average molecular weight is 363 g/mol. The minimum Gasteiger partial charge on any atom is -0.326 e. The second-order valence-electron chi connectivity index (χ2n) is 6.21. The van der Waals surface area contributed by atoms with E-state index in [9.17, 15) is 4.79 Å². The van der Waals surface area contributed by atoms with E-state index in [1.165, 1.54) is 5.56 Å².